The highest BCUT2D eigenvalue weighted by molar-refractivity contribution is 7.90. The van der Waals surface area contributed by atoms with Gasteiger partial charge < -0.3 is 9.29 Å². The number of ether oxygens (including phenoxy) is 1. The Balaban J connectivity index is 3.02. The smallest absolute Gasteiger partial charge is 0.314 e. The molecule has 1 aliphatic rings. The van der Waals surface area contributed by atoms with E-state index in [1.165, 1.54) is 5.57 Å². The van der Waals surface area contributed by atoms with Gasteiger partial charge in [-0.2, -0.15) is 0 Å². The maximum Gasteiger partial charge on any atom is 0.314 e. The van der Waals surface area contributed by atoms with Gasteiger partial charge in [-0.1, -0.05) is 30.7 Å². The van der Waals surface area contributed by atoms with Gasteiger partial charge in [-0.05, 0) is 53.9 Å². The lowest BCUT2D eigenvalue weighted by Crippen LogP contribution is -2.52. The predicted molar refractivity (Wildman–Crippen MR) is 96.3 cm³/mol. The van der Waals surface area contributed by atoms with Crippen molar-refractivity contribution in [2.75, 3.05) is 6.61 Å². The van der Waals surface area contributed by atoms with Gasteiger partial charge in [0.25, 0.3) is 0 Å². The minimum Gasteiger partial charge on any atom is -0.598 e. The molecule has 0 saturated heterocycles. The van der Waals surface area contributed by atoms with Crippen molar-refractivity contribution in [2.24, 2.45) is 5.41 Å². The molecule has 5 heteroatoms. The Hall–Kier alpha value is -0.780. The molecular formula is C18H31NO3S. The molecule has 3 atom stereocenters. The van der Waals surface area contributed by atoms with Crippen molar-refractivity contribution in [3.8, 4) is 0 Å². The second kappa shape index (κ2) is 8.36. The summed E-state index contributed by atoms with van der Waals surface area (Å²) in [7, 11) is 0. The molecule has 0 bridgehead atoms. The van der Waals surface area contributed by atoms with E-state index in [0.717, 1.165) is 19.3 Å². The summed E-state index contributed by atoms with van der Waals surface area (Å²) in [6.07, 6.45) is 6.79. The van der Waals surface area contributed by atoms with Gasteiger partial charge in [-0.25, -0.2) is 0 Å². The number of carbonyl (C=O) groups is 1. The zero-order valence-corrected chi connectivity index (χ0v) is 15.9. The molecular weight excluding hydrogens is 310 g/mol. The van der Waals surface area contributed by atoms with Crippen LogP contribution in [0, 0.1) is 5.41 Å². The van der Waals surface area contributed by atoms with Crippen LogP contribution in [0.15, 0.2) is 24.3 Å². The van der Waals surface area contributed by atoms with E-state index in [1.807, 2.05) is 34.6 Å². The van der Waals surface area contributed by atoms with Gasteiger partial charge in [0.1, 0.15) is 11.4 Å². The number of rotatable bonds is 7. The minimum atomic E-state index is -1.21. The van der Waals surface area contributed by atoms with E-state index in [1.54, 1.807) is 6.08 Å². The summed E-state index contributed by atoms with van der Waals surface area (Å²) in [5.41, 5.74) is 0.532. The molecule has 4 nitrogen and oxygen atoms in total. The molecule has 1 rings (SSSR count). The fraction of sp³-hybridized carbons (Fsp3) is 0.722. The van der Waals surface area contributed by atoms with Crippen LogP contribution < -0.4 is 4.72 Å². The van der Waals surface area contributed by atoms with Crippen LogP contribution in [0.1, 0.15) is 60.3 Å². The average molecular weight is 342 g/mol. The molecule has 1 N–H and O–H groups in total. The van der Waals surface area contributed by atoms with Crippen LogP contribution in [0.25, 0.3) is 0 Å². The van der Waals surface area contributed by atoms with Gasteiger partial charge in [-0.15, -0.1) is 4.72 Å². The number of hydrogen-bond donors (Lipinski definition) is 1. The summed E-state index contributed by atoms with van der Waals surface area (Å²) >= 11 is -1.21. The van der Waals surface area contributed by atoms with Crippen molar-refractivity contribution in [1.82, 2.24) is 4.72 Å². The summed E-state index contributed by atoms with van der Waals surface area (Å²) < 4.78 is 20.7. The minimum absolute atomic E-state index is 0.129. The van der Waals surface area contributed by atoms with Gasteiger partial charge in [0.15, 0.2) is 0 Å². The molecule has 0 aromatic heterocycles. The van der Waals surface area contributed by atoms with Gasteiger partial charge in [0, 0.05) is 11.4 Å². The van der Waals surface area contributed by atoms with Crippen molar-refractivity contribution in [2.45, 2.75) is 71.1 Å². The Morgan fingerprint density at radius 3 is 2.65 bits per heavy atom. The molecule has 1 aliphatic carbocycles. The lowest BCUT2D eigenvalue weighted by atomic mass is 9.79. The quantitative estimate of drug-likeness (QED) is 0.436. The Morgan fingerprint density at radius 2 is 2.13 bits per heavy atom. The number of hydrogen-bond acceptors (Lipinski definition) is 4. The van der Waals surface area contributed by atoms with Crippen molar-refractivity contribution >= 4 is 17.3 Å². The van der Waals surface area contributed by atoms with E-state index in [9.17, 15) is 9.35 Å². The van der Waals surface area contributed by atoms with Gasteiger partial charge in [0.2, 0.25) is 0 Å². The number of carbonyl (C=O) groups excluding carboxylic acids is 1. The third-order valence-electron chi connectivity index (χ3n) is 4.20. The van der Waals surface area contributed by atoms with Crippen LogP contribution >= 0.6 is 0 Å². The van der Waals surface area contributed by atoms with Crippen LogP contribution in [0.3, 0.4) is 0 Å². The molecule has 0 aromatic rings. The molecule has 0 aliphatic heterocycles. The first-order chi connectivity index (χ1) is 10.6. The zero-order chi connectivity index (χ0) is 17.7. The second-order valence-corrected chi connectivity index (χ2v) is 9.47. The number of allylic oxidation sites excluding steroid dienone is 2. The highest BCUT2D eigenvalue weighted by atomic mass is 32.2. The van der Waals surface area contributed by atoms with Crippen LogP contribution in [0.4, 0.5) is 0 Å². The SMILES string of the molecule is C=CCOC(=O)[C@]1(CC=C(C)C)CCC[C@H]1N[S+]([O-])C(C)(C)C. The first kappa shape index (κ1) is 20.3. The van der Waals surface area contributed by atoms with Crippen molar-refractivity contribution in [1.29, 1.82) is 0 Å². The predicted octanol–water partition coefficient (Wildman–Crippen LogP) is 3.66. The fourth-order valence-electron chi connectivity index (χ4n) is 2.79. The summed E-state index contributed by atoms with van der Waals surface area (Å²) in [4.78, 5) is 12.7. The zero-order valence-electron chi connectivity index (χ0n) is 15.1. The standard InChI is InChI=1S/C18H31NO3S/c1-7-13-22-16(20)18(12-10-14(2)3)11-8-9-15(18)19-23(21)17(4,5)6/h7,10,15,19H,1,8-9,11-13H2,2-6H3/t15-,18+,23?/m1/s1. The molecule has 1 unspecified atom stereocenters. The van der Waals surface area contributed by atoms with Crippen molar-refractivity contribution < 1.29 is 14.1 Å². The Bertz CT molecular complexity index is 452. The van der Waals surface area contributed by atoms with E-state index in [4.69, 9.17) is 4.74 Å². The molecule has 0 amide bonds. The molecule has 0 heterocycles. The van der Waals surface area contributed by atoms with Gasteiger partial charge >= 0.3 is 5.97 Å². The van der Waals surface area contributed by atoms with E-state index in [0.29, 0.717) is 6.42 Å². The molecule has 23 heavy (non-hydrogen) atoms. The van der Waals surface area contributed by atoms with Crippen LogP contribution in [-0.4, -0.2) is 27.9 Å². The third kappa shape index (κ3) is 5.37. The maximum absolute atomic E-state index is 12.7. The highest BCUT2D eigenvalue weighted by Crippen LogP contribution is 2.44. The molecule has 0 aromatic carbocycles. The molecule has 132 valence electrons. The topological polar surface area (TPSA) is 61.4 Å². The average Bonchev–Trinajstić information content (AvgIpc) is 2.85. The summed E-state index contributed by atoms with van der Waals surface area (Å²) in [6, 6.07) is -0.129. The number of esters is 1. The molecule has 0 spiro atoms. The second-order valence-electron chi connectivity index (χ2n) is 7.47. The maximum atomic E-state index is 12.7. The number of nitrogens with one attached hydrogen (secondary N) is 1. The summed E-state index contributed by atoms with van der Waals surface area (Å²) in [6.45, 7) is 13.6. The largest absolute Gasteiger partial charge is 0.598 e. The van der Waals surface area contributed by atoms with Gasteiger partial charge in [-0.3, -0.25) is 4.79 Å². The summed E-state index contributed by atoms with van der Waals surface area (Å²) in [5, 5.41) is 0. The lowest BCUT2D eigenvalue weighted by Gasteiger charge is -2.35. The van der Waals surface area contributed by atoms with E-state index >= 15 is 0 Å². The third-order valence-corrected chi connectivity index (χ3v) is 5.81. The lowest BCUT2D eigenvalue weighted by molar-refractivity contribution is -0.155. The monoisotopic (exact) mass is 341 g/mol. The van der Waals surface area contributed by atoms with Crippen molar-refractivity contribution in [3.63, 3.8) is 0 Å². The van der Waals surface area contributed by atoms with E-state index in [2.05, 4.69) is 17.4 Å². The Kier molecular flexibility index (Phi) is 7.36. The summed E-state index contributed by atoms with van der Waals surface area (Å²) in [5.74, 6) is -0.212. The van der Waals surface area contributed by atoms with Gasteiger partial charge in [0.05, 0.1) is 11.5 Å². The fourth-order valence-corrected chi connectivity index (χ4v) is 3.74. The van der Waals surface area contributed by atoms with Crippen molar-refractivity contribution in [3.05, 3.63) is 24.3 Å². The molecule has 0 radical (unpaired) electrons. The van der Waals surface area contributed by atoms with Crippen LogP contribution in [0.5, 0.6) is 0 Å². The Morgan fingerprint density at radius 1 is 1.48 bits per heavy atom. The first-order valence-electron chi connectivity index (χ1n) is 8.23. The normalized spacial score (nSPS) is 25.7. The van der Waals surface area contributed by atoms with E-state index < -0.39 is 16.8 Å². The Labute approximate surface area is 144 Å². The van der Waals surface area contributed by atoms with E-state index in [-0.39, 0.29) is 23.4 Å². The van der Waals surface area contributed by atoms with Crippen LogP contribution in [-0.2, 0) is 20.9 Å². The first-order valence-corrected chi connectivity index (χ1v) is 9.38. The molecule has 1 saturated carbocycles. The van der Waals surface area contributed by atoms with Crippen LogP contribution in [0.2, 0.25) is 0 Å². The molecule has 1 fully saturated rings. The highest BCUT2D eigenvalue weighted by Gasteiger charge is 2.52.